The van der Waals surface area contributed by atoms with Crippen LogP contribution in [0.5, 0.6) is 11.5 Å². The Bertz CT molecular complexity index is 990. The maximum Gasteiger partial charge on any atom is 0.260 e. The molecule has 3 heterocycles. The number of fused-ring (bicyclic) bond motifs is 1. The van der Waals surface area contributed by atoms with Crippen LogP contribution in [0.15, 0.2) is 47.4 Å². The molecule has 0 unspecified atom stereocenters. The molecule has 1 aromatic carbocycles. The average molecular weight is 351 g/mol. The van der Waals surface area contributed by atoms with Crippen molar-refractivity contribution < 1.29 is 9.47 Å². The largest absolute Gasteiger partial charge is 0.453 e. The standard InChI is InChI=1S/C20H21N3O3/c1-14-3-5-16(6-4-14)26-17-11-15(2)13-23-19(24)12-18(21-20(17)23)22-7-9-25-10-8-22/h3-6,11-13H,7-10H2,1-2H3. The number of aromatic nitrogens is 2. The lowest BCUT2D eigenvalue weighted by Gasteiger charge is -2.27. The Kier molecular flexibility index (Phi) is 4.34. The van der Waals surface area contributed by atoms with Gasteiger partial charge in [0.2, 0.25) is 0 Å². The van der Waals surface area contributed by atoms with Crippen LogP contribution >= 0.6 is 0 Å². The molecule has 1 saturated heterocycles. The van der Waals surface area contributed by atoms with Gasteiger partial charge in [-0.1, -0.05) is 17.7 Å². The minimum absolute atomic E-state index is 0.117. The molecule has 0 saturated carbocycles. The molecular formula is C20H21N3O3. The van der Waals surface area contributed by atoms with E-state index in [-0.39, 0.29) is 5.56 Å². The number of benzene rings is 1. The lowest BCUT2D eigenvalue weighted by molar-refractivity contribution is 0.122. The van der Waals surface area contributed by atoms with Crippen LogP contribution in [0, 0.1) is 13.8 Å². The van der Waals surface area contributed by atoms with Crippen LogP contribution in [0.25, 0.3) is 5.65 Å². The fraction of sp³-hybridized carbons (Fsp3) is 0.300. The Morgan fingerprint density at radius 1 is 1.04 bits per heavy atom. The van der Waals surface area contributed by atoms with Crippen LogP contribution < -0.4 is 15.2 Å². The molecule has 6 nitrogen and oxygen atoms in total. The van der Waals surface area contributed by atoms with Gasteiger partial charge in [0.25, 0.3) is 5.56 Å². The molecule has 1 aliphatic heterocycles. The van der Waals surface area contributed by atoms with E-state index in [0.29, 0.717) is 36.2 Å². The molecule has 4 rings (SSSR count). The van der Waals surface area contributed by atoms with Crippen molar-refractivity contribution in [3.8, 4) is 11.5 Å². The molecule has 1 aliphatic rings. The van der Waals surface area contributed by atoms with E-state index in [9.17, 15) is 4.79 Å². The van der Waals surface area contributed by atoms with Crippen LogP contribution in [0.3, 0.4) is 0 Å². The van der Waals surface area contributed by atoms with E-state index in [2.05, 4.69) is 4.90 Å². The lowest BCUT2D eigenvalue weighted by atomic mass is 10.2. The number of morpholine rings is 1. The summed E-state index contributed by atoms with van der Waals surface area (Å²) >= 11 is 0. The predicted molar refractivity (Wildman–Crippen MR) is 100 cm³/mol. The number of aryl methyl sites for hydroxylation is 2. The summed E-state index contributed by atoms with van der Waals surface area (Å²) in [6.45, 7) is 6.69. The summed E-state index contributed by atoms with van der Waals surface area (Å²) in [6.07, 6.45) is 1.79. The second-order valence-corrected chi connectivity index (χ2v) is 6.54. The van der Waals surface area contributed by atoms with Gasteiger partial charge in [0, 0.05) is 25.4 Å². The fourth-order valence-electron chi connectivity index (χ4n) is 3.05. The molecule has 0 amide bonds. The van der Waals surface area contributed by atoms with Crippen molar-refractivity contribution in [3.05, 3.63) is 64.1 Å². The maximum atomic E-state index is 12.7. The summed E-state index contributed by atoms with van der Waals surface area (Å²) < 4.78 is 13.0. The molecule has 0 N–H and O–H groups in total. The van der Waals surface area contributed by atoms with Crippen molar-refractivity contribution in [1.82, 2.24) is 9.38 Å². The second-order valence-electron chi connectivity index (χ2n) is 6.54. The zero-order chi connectivity index (χ0) is 18.1. The molecule has 2 aromatic heterocycles. The number of anilines is 1. The van der Waals surface area contributed by atoms with Crippen molar-refractivity contribution in [3.63, 3.8) is 0 Å². The Hall–Kier alpha value is -2.86. The summed E-state index contributed by atoms with van der Waals surface area (Å²) in [6, 6.07) is 11.3. The summed E-state index contributed by atoms with van der Waals surface area (Å²) in [7, 11) is 0. The van der Waals surface area contributed by atoms with E-state index in [1.165, 1.54) is 0 Å². The summed E-state index contributed by atoms with van der Waals surface area (Å²) in [5.74, 6) is 1.95. The van der Waals surface area contributed by atoms with Gasteiger partial charge in [-0.05, 0) is 37.6 Å². The third-order valence-corrected chi connectivity index (χ3v) is 4.43. The first-order chi connectivity index (χ1) is 12.6. The fourth-order valence-corrected chi connectivity index (χ4v) is 3.05. The van der Waals surface area contributed by atoms with Crippen molar-refractivity contribution in [1.29, 1.82) is 0 Å². The third-order valence-electron chi connectivity index (χ3n) is 4.43. The molecule has 6 heteroatoms. The molecule has 1 fully saturated rings. The van der Waals surface area contributed by atoms with Gasteiger partial charge in [-0.3, -0.25) is 9.20 Å². The van der Waals surface area contributed by atoms with Gasteiger partial charge in [-0.15, -0.1) is 0 Å². The first-order valence-corrected chi connectivity index (χ1v) is 8.71. The lowest BCUT2D eigenvalue weighted by Crippen LogP contribution is -2.37. The number of hydrogen-bond acceptors (Lipinski definition) is 5. The number of hydrogen-bond donors (Lipinski definition) is 0. The van der Waals surface area contributed by atoms with E-state index < -0.39 is 0 Å². The Labute approximate surface area is 151 Å². The summed E-state index contributed by atoms with van der Waals surface area (Å²) in [4.78, 5) is 19.4. The number of pyridine rings is 1. The van der Waals surface area contributed by atoms with Crippen molar-refractivity contribution in [2.45, 2.75) is 13.8 Å². The van der Waals surface area contributed by atoms with Gasteiger partial charge in [0.05, 0.1) is 13.2 Å². The first-order valence-electron chi connectivity index (χ1n) is 8.71. The van der Waals surface area contributed by atoms with Gasteiger partial charge in [-0.2, -0.15) is 0 Å². The summed E-state index contributed by atoms with van der Waals surface area (Å²) in [5, 5.41) is 0. The first kappa shape index (κ1) is 16.6. The van der Waals surface area contributed by atoms with E-state index in [4.69, 9.17) is 14.5 Å². The Morgan fingerprint density at radius 3 is 2.50 bits per heavy atom. The van der Waals surface area contributed by atoms with Crippen LogP contribution in [0.4, 0.5) is 5.82 Å². The normalized spacial score (nSPS) is 14.6. The van der Waals surface area contributed by atoms with Crippen LogP contribution in [-0.4, -0.2) is 35.7 Å². The SMILES string of the molecule is Cc1ccc(Oc2cc(C)cn3c(=O)cc(N4CCOCC4)nc23)cc1. The number of nitrogens with zero attached hydrogens (tertiary/aromatic N) is 3. The maximum absolute atomic E-state index is 12.7. The molecule has 0 bridgehead atoms. The minimum atomic E-state index is -0.117. The second kappa shape index (κ2) is 6.80. The average Bonchev–Trinajstić information content (AvgIpc) is 2.65. The zero-order valence-electron chi connectivity index (χ0n) is 14.9. The number of ether oxygens (including phenoxy) is 2. The molecule has 0 atom stereocenters. The highest BCUT2D eigenvalue weighted by atomic mass is 16.5. The minimum Gasteiger partial charge on any atom is -0.453 e. The van der Waals surface area contributed by atoms with E-state index >= 15 is 0 Å². The summed E-state index contributed by atoms with van der Waals surface area (Å²) in [5.41, 5.74) is 2.50. The molecular weight excluding hydrogens is 330 g/mol. The van der Waals surface area contributed by atoms with Crippen LogP contribution in [0.1, 0.15) is 11.1 Å². The zero-order valence-corrected chi connectivity index (χ0v) is 14.9. The molecule has 134 valence electrons. The molecule has 3 aromatic rings. The van der Waals surface area contributed by atoms with Gasteiger partial charge < -0.3 is 14.4 Å². The van der Waals surface area contributed by atoms with Crippen molar-refractivity contribution in [2.75, 3.05) is 31.2 Å². The van der Waals surface area contributed by atoms with Crippen LogP contribution in [0.2, 0.25) is 0 Å². The Balaban J connectivity index is 1.81. The van der Waals surface area contributed by atoms with Gasteiger partial charge >= 0.3 is 0 Å². The Morgan fingerprint density at radius 2 is 1.77 bits per heavy atom. The van der Waals surface area contributed by atoms with Crippen LogP contribution in [-0.2, 0) is 4.74 Å². The van der Waals surface area contributed by atoms with Gasteiger partial charge in [-0.25, -0.2) is 4.98 Å². The highest BCUT2D eigenvalue weighted by Crippen LogP contribution is 2.27. The third kappa shape index (κ3) is 3.28. The van der Waals surface area contributed by atoms with E-state index in [1.807, 2.05) is 44.2 Å². The van der Waals surface area contributed by atoms with Gasteiger partial charge in [0.15, 0.2) is 11.4 Å². The highest BCUT2D eigenvalue weighted by molar-refractivity contribution is 5.59. The topological polar surface area (TPSA) is 56.1 Å². The highest BCUT2D eigenvalue weighted by Gasteiger charge is 2.16. The van der Waals surface area contributed by atoms with Crippen molar-refractivity contribution >= 4 is 11.5 Å². The van der Waals surface area contributed by atoms with E-state index in [1.54, 1.807) is 16.7 Å². The van der Waals surface area contributed by atoms with Gasteiger partial charge in [0.1, 0.15) is 11.6 Å². The number of rotatable bonds is 3. The smallest absolute Gasteiger partial charge is 0.260 e. The molecule has 0 aliphatic carbocycles. The quantitative estimate of drug-likeness (QED) is 0.726. The molecule has 0 spiro atoms. The molecule has 26 heavy (non-hydrogen) atoms. The van der Waals surface area contributed by atoms with E-state index in [0.717, 1.165) is 24.2 Å². The van der Waals surface area contributed by atoms with Crippen molar-refractivity contribution in [2.24, 2.45) is 0 Å². The monoisotopic (exact) mass is 351 g/mol. The molecule has 0 radical (unpaired) electrons. The predicted octanol–water partition coefficient (Wildman–Crippen LogP) is 2.94.